The van der Waals surface area contributed by atoms with Crippen LogP contribution in [0.4, 0.5) is 13.2 Å². The zero-order chi connectivity index (χ0) is 13.8. The van der Waals surface area contributed by atoms with E-state index in [1.54, 1.807) is 20.0 Å². The second-order valence-electron chi connectivity index (χ2n) is 3.97. The number of aliphatic hydroxyl groups excluding tert-OH is 1. The SMILES string of the molecule is CNCc1ccc(SC(C)CO)c(C(F)(F)F)c1. The highest BCUT2D eigenvalue weighted by Gasteiger charge is 2.34. The summed E-state index contributed by atoms with van der Waals surface area (Å²) >= 11 is 1.03. The maximum absolute atomic E-state index is 12.9. The van der Waals surface area contributed by atoms with Gasteiger partial charge >= 0.3 is 6.18 Å². The molecule has 2 N–H and O–H groups in total. The van der Waals surface area contributed by atoms with Gasteiger partial charge in [-0.15, -0.1) is 11.8 Å². The number of rotatable bonds is 5. The molecule has 0 saturated carbocycles. The summed E-state index contributed by atoms with van der Waals surface area (Å²) in [5.74, 6) is 0. The first kappa shape index (κ1) is 15.3. The standard InChI is InChI=1S/C12H16F3NOS/c1-8(7-17)18-11-4-3-9(6-16-2)5-10(11)12(13,14)15/h3-5,8,16-17H,6-7H2,1-2H3. The Morgan fingerprint density at radius 2 is 2.06 bits per heavy atom. The molecule has 0 aromatic heterocycles. The quantitative estimate of drug-likeness (QED) is 0.813. The third kappa shape index (κ3) is 4.19. The lowest BCUT2D eigenvalue weighted by Crippen LogP contribution is -2.12. The van der Waals surface area contributed by atoms with Gasteiger partial charge < -0.3 is 10.4 Å². The topological polar surface area (TPSA) is 32.3 Å². The zero-order valence-electron chi connectivity index (χ0n) is 10.2. The average molecular weight is 279 g/mol. The van der Waals surface area contributed by atoms with Crippen molar-refractivity contribution in [3.8, 4) is 0 Å². The summed E-state index contributed by atoms with van der Waals surface area (Å²) in [5.41, 5.74) is -0.0497. The summed E-state index contributed by atoms with van der Waals surface area (Å²) < 4.78 is 38.8. The molecule has 102 valence electrons. The zero-order valence-corrected chi connectivity index (χ0v) is 11.0. The predicted octanol–water partition coefficient (Wildman–Crippen LogP) is 2.90. The molecule has 1 rings (SSSR count). The number of halogens is 3. The fourth-order valence-electron chi connectivity index (χ4n) is 1.47. The minimum Gasteiger partial charge on any atom is -0.395 e. The van der Waals surface area contributed by atoms with Crippen LogP contribution >= 0.6 is 11.8 Å². The van der Waals surface area contributed by atoms with Gasteiger partial charge in [-0.1, -0.05) is 13.0 Å². The van der Waals surface area contributed by atoms with Crippen LogP contribution in [0.15, 0.2) is 23.1 Å². The minimum absolute atomic E-state index is 0.153. The molecule has 0 aliphatic carbocycles. The maximum atomic E-state index is 12.9. The van der Waals surface area contributed by atoms with Gasteiger partial charge in [0.2, 0.25) is 0 Å². The van der Waals surface area contributed by atoms with Crippen molar-refractivity contribution in [3.63, 3.8) is 0 Å². The van der Waals surface area contributed by atoms with E-state index in [1.807, 2.05) is 0 Å². The summed E-state index contributed by atoms with van der Waals surface area (Å²) in [6.07, 6.45) is -4.37. The number of hydrogen-bond donors (Lipinski definition) is 2. The molecule has 1 aromatic rings. The summed E-state index contributed by atoms with van der Waals surface area (Å²) in [5, 5.41) is 11.5. The normalized spacial score (nSPS) is 13.7. The van der Waals surface area contributed by atoms with Crippen molar-refractivity contribution < 1.29 is 18.3 Å². The summed E-state index contributed by atoms with van der Waals surface area (Å²) in [6.45, 7) is 1.93. The molecule has 1 atom stereocenters. The second-order valence-corrected chi connectivity index (χ2v) is 5.45. The van der Waals surface area contributed by atoms with Gasteiger partial charge in [0.1, 0.15) is 0 Å². The molecule has 18 heavy (non-hydrogen) atoms. The van der Waals surface area contributed by atoms with Gasteiger partial charge in [0.15, 0.2) is 0 Å². The van der Waals surface area contributed by atoms with Gasteiger partial charge in [-0.3, -0.25) is 0 Å². The number of hydrogen-bond acceptors (Lipinski definition) is 3. The fraction of sp³-hybridized carbons (Fsp3) is 0.500. The van der Waals surface area contributed by atoms with E-state index in [4.69, 9.17) is 5.11 Å². The Labute approximate surface area is 109 Å². The smallest absolute Gasteiger partial charge is 0.395 e. The Balaban J connectivity index is 3.09. The van der Waals surface area contributed by atoms with E-state index >= 15 is 0 Å². The lowest BCUT2D eigenvalue weighted by molar-refractivity contribution is -0.139. The predicted molar refractivity (Wildman–Crippen MR) is 66.6 cm³/mol. The molecule has 0 amide bonds. The van der Waals surface area contributed by atoms with Gasteiger partial charge in [0.25, 0.3) is 0 Å². The highest BCUT2D eigenvalue weighted by atomic mass is 32.2. The third-order valence-corrected chi connectivity index (χ3v) is 3.48. The van der Waals surface area contributed by atoms with Crippen LogP contribution in [0, 0.1) is 0 Å². The Kier molecular flexibility index (Phi) is 5.49. The van der Waals surface area contributed by atoms with Gasteiger partial charge in [-0.2, -0.15) is 13.2 Å². The van der Waals surface area contributed by atoms with Crippen molar-refractivity contribution in [2.45, 2.75) is 29.8 Å². The van der Waals surface area contributed by atoms with Crippen molar-refractivity contribution in [1.29, 1.82) is 0 Å². The molecule has 0 spiro atoms. The summed E-state index contributed by atoms with van der Waals surface area (Å²) in [6, 6.07) is 4.29. The third-order valence-electron chi connectivity index (χ3n) is 2.32. The first-order valence-electron chi connectivity index (χ1n) is 5.50. The molecule has 0 fully saturated rings. The molecule has 0 bridgehead atoms. The van der Waals surface area contributed by atoms with Crippen LogP contribution in [0.25, 0.3) is 0 Å². The van der Waals surface area contributed by atoms with Crippen LogP contribution in [0.5, 0.6) is 0 Å². The number of thioether (sulfide) groups is 1. The number of nitrogens with one attached hydrogen (secondary N) is 1. The van der Waals surface area contributed by atoms with E-state index in [0.717, 1.165) is 17.8 Å². The monoisotopic (exact) mass is 279 g/mol. The summed E-state index contributed by atoms with van der Waals surface area (Å²) in [4.78, 5) is 0.156. The average Bonchev–Trinajstić information content (AvgIpc) is 2.30. The van der Waals surface area contributed by atoms with Gasteiger partial charge in [0.05, 0.1) is 12.2 Å². The first-order valence-corrected chi connectivity index (χ1v) is 6.38. The highest BCUT2D eigenvalue weighted by molar-refractivity contribution is 8.00. The van der Waals surface area contributed by atoms with Crippen molar-refractivity contribution in [3.05, 3.63) is 29.3 Å². The molecule has 1 unspecified atom stereocenters. The minimum atomic E-state index is -4.37. The van der Waals surface area contributed by atoms with Crippen molar-refractivity contribution in [1.82, 2.24) is 5.32 Å². The Hall–Kier alpha value is -0.720. The molecule has 1 aromatic carbocycles. The molecular formula is C12H16F3NOS. The van der Waals surface area contributed by atoms with Gasteiger partial charge in [-0.05, 0) is 24.7 Å². The molecular weight excluding hydrogens is 263 g/mol. The van der Waals surface area contributed by atoms with Crippen molar-refractivity contribution in [2.24, 2.45) is 0 Å². The second kappa shape index (κ2) is 6.45. The van der Waals surface area contributed by atoms with E-state index in [-0.39, 0.29) is 16.8 Å². The molecule has 6 heteroatoms. The van der Waals surface area contributed by atoms with Crippen molar-refractivity contribution in [2.75, 3.05) is 13.7 Å². The maximum Gasteiger partial charge on any atom is 0.417 e. The number of benzene rings is 1. The largest absolute Gasteiger partial charge is 0.417 e. The Morgan fingerprint density at radius 1 is 1.39 bits per heavy atom. The highest BCUT2D eigenvalue weighted by Crippen LogP contribution is 2.38. The van der Waals surface area contributed by atoms with E-state index in [2.05, 4.69) is 5.32 Å². The van der Waals surface area contributed by atoms with Crippen LogP contribution in [0.3, 0.4) is 0 Å². The van der Waals surface area contributed by atoms with E-state index < -0.39 is 11.7 Å². The molecule has 0 radical (unpaired) electrons. The van der Waals surface area contributed by atoms with E-state index in [9.17, 15) is 13.2 Å². The summed E-state index contributed by atoms with van der Waals surface area (Å²) in [7, 11) is 1.68. The lowest BCUT2D eigenvalue weighted by Gasteiger charge is -2.16. The van der Waals surface area contributed by atoms with Crippen LogP contribution in [0.2, 0.25) is 0 Å². The molecule has 0 saturated heterocycles. The molecule has 0 aliphatic rings. The van der Waals surface area contributed by atoms with Crippen LogP contribution in [-0.4, -0.2) is 24.0 Å². The first-order chi connectivity index (χ1) is 8.38. The van der Waals surface area contributed by atoms with E-state index in [1.165, 1.54) is 6.07 Å². The van der Waals surface area contributed by atoms with E-state index in [0.29, 0.717) is 12.1 Å². The van der Waals surface area contributed by atoms with Crippen LogP contribution in [0.1, 0.15) is 18.1 Å². The number of aliphatic hydroxyl groups is 1. The van der Waals surface area contributed by atoms with Crippen LogP contribution < -0.4 is 5.32 Å². The van der Waals surface area contributed by atoms with Crippen molar-refractivity contribution >= 4 is 11.8 Å². The van der Waals surface area contributed by atoms with Gasteiger partial charge in [-0.25, -0.2) is 0 Å². The molecule has 0 aliphatic heterocycles. The number of alkyl halides is 3. The molecule has 2 nitrogen and oxygen atoms in total. The Bertz CT molecular complexity index is 395. The van der Waals surface area contributed by atoms with Gasteiger partial charge in [0, 0.05) is 16.7 Å². The molecule has 0 heterocycles. The fourth-order valence-corrected chi connectivity index (χ4v) is 2.43. The van der Waals surface area contributed by atoms with Crippen LogP contribution in [-0.2, 0) is 12.7 Å². The lowest BCUT2D eigenvalue weighted by atomic mass is 10.1. The Morgan fingerprint density at radius 3 is 2.56 bits per heavy atom.